The van der Waals surface area contributed by atoms with Gasteiger partial charge in [-0.15, -0.1) is 0 Å². The Morgan fingerprint density at radius 2 is 1.83 bits per heavy atom. The van der Waals surface area contributed by atoms with Gasteiger partial charge in [-0.05, 0) is 26.7 Å². The van der Waals surface area contributed by atoms with Gasteiger partial charge in [0, 0.05) is 23.4 Å². The minimum absolute atomic E-state index is 0.204. The monoisotopic (exact) mass is 254 g/mol. The summed E-state index contributed by atoms with van der Waals surface area (Å²) in [5.74, 6) is -0.819. The van der Waals surface area contributed by atoms with Gasteiger partial charge < -0.3 is 15.3 Å². The second kappa shape index (κ2) is 4.48. The highest BCUT2D eigenvalue weighted by molar-refractivity contribution is 5.80. The van der Waals surface area contributed by atoms with E-state index in [1.54, 1.807) is 6.20 Å². The quantitative estimate of drug-likeness (QED) is 0.792. The van der Waals surface area contributed by atoms with Crippen LogP contribution in [0.4, 0.5) is 0 Å². The van der Waals surface area contributed by atoms with E-state index in [9.17, 15) is 9.90 Å². The van der Waals surface area contributed by atoms with E-state index in [4.69, 9.17) is 0 Å². The van der Waals surface area contributed by atoms with Gasteiger partial charge in [-0.2, -0.15) is 0 Å². The highest BCUT2D eigenvalue weighted by Crippen LogP contribution is 2.43. The van der Waals surface area contributed by atoms with Crippen molar-refractivity contribution in [1.82, 2.24) is 10.2 Å². The summed E-state index contributed by atoms with van der Waals surface area (Å²) < 4.78 is 0. The molecule has 1 rings (SSSR count). The average molecular weight is 254 g/mol. The zero-order valence-electron chi connectivity index (χ0n) is 12.4. The maximum Gasteiger partial charge on any atom is 0.351 e. The molecule has 0 spiro atoms. The molecule has 104 valence electrons. The number of nitrogens with one attached hydrogen (secondary N) is 1. The minimum Gasteiger partial charge on any atom is -0.478 e. The van der Waals surface area contributed by atoms with E-state index in [0.717, 1.165) is 12.8 Å². The molecule has 18 heavy (non-hydrogen) atoms. The van der Waals surface area contributed by atoms with Crippen LogP contribution in [0.3, 0.4) is 0 Å². The minimum atomic E-state index is -1.07. The summed E-state index contributed by atoms with van der Waals surface area (Å²) in [6.07, 6.45) is 5.29. The molecule has 0 aromatic heterocycles. The summed E-state index contributed by atoms with van der Waals surface area (Å²) in [5, 5.41) is 12.9. The third-order valence-corrected chi connectivity index (χ3v) is 4.57. The van der Waals surface area contributed by atoms with E-state index in [-0.39, 0.29) is 11.0 Å². The van der Waals surface area contributed by atoms with E-state index < -0.39 is 11.6 Å². The Bertz CT molecular complexity index is 361. The van der Waals surface area contributed by atoms with Crippen molar-refractivity contribution in [2.45, 2.75) is 65.6 Å². The molecule has 0 saturated heterocycles. The molecular formula is C14H26N2O2. The van der Waals surface area contributed by atoms with E-state index >= 15 is 0 Å². The van der Waals surface area contributed by atoms with Crippen LogP contribution in [0.1, 0.15) is 54.4 Å². The van der Waals surface area contributed by atoms with E-state index in [1.165, 1.54) is 0 Å². The van der Waals surface area contributed by atoms with Crippen LogP contribution in [0.2, 0.25) is 0 Å². The highest BCUT2D eigenvalue weighted by atomic mass is 16.4. The lowest BCUT2D eigenvalue weighted by Gasteiger charge is -2.52. The van der Waals surface area contributed by atoms with Crippen LogP contribution in [0.25, 0.3) is 0 Å². The van der Waals surface area contributed by atoms with Crippen LogP contribution in [0.15, 0.2) is 12.4 Å². The molecule has 4 nitrogen and oxygen atoms in total. The largest absolute Gasteiger partial charge is 0.478 e. The van der Waals surface area contributed by atoms with E-state index in [2.05, 4.69) is 26.1 Å². The fourth-order valence-electron chi connectivity index (χ4n) is 2.47. The van der Waals surface area contributed by atoms with Crippen molar-refractivity contribution in [2.75, 3.05) is 0 Å². The van der Waals surface area contributed by atoms with Crippen LogP contribution >= 0.6 is 0 Å². The fraction of sp³-hybridized carbons (Fsp3) is 0.786. The molecule has 0 aliphatic carbocycles. The molecule has 0 aromatic carbocycles. The van der Waals surface area contributed by atoms with Gasteiger partial charge in [0.05, 0.1) is 0 Å². The number of rotatable bonds is 5. The Balaban J connectivity index is 3.34. The normalized spacial score (nSPS) is 24.2. The molecule has 0 radical (unpaired) electrons. The number of carboxylic acid groups (broad SMARTS) is 1. The first-order chi connectivity index (χ1) is 8.15. The lowest BCUT2D eigenvalue weighted by Crippen LogP contribution is -2.70. The summed E-state index contributed by atoms with van der Waals surface area (Å²) in [6.45, 7) is 12.3. The summed E-state index contributed by atoms with van der Waals surface area (Å²) in [6, 6.07) is 0. The maximum absolute atomic E-state index is 12.0. The highest BCUT2D eigenvalue weighted by Gasteiger charge is 2.58. The van der Waals surface area contributed by atoms with Crippen LogP contribution in [-0.2, 0) is 4.79 Å². The Morgan fingerprint density at radius 3 is 2.22 bits per heavy atom. The molecule has 1 aliphatic rings. The standard InChI is InChI=1S/C14H26N2O2/c1-7-12(3,4)14(11(17)18)15-9-10-16(14)13(5,6)8-2/h9-10,15H,7-8H2,1-6H3,(H,17,18). The van der Waals surface area contributed by atoms with Gasteiger partial charge in [-0.25, -0.2) is 4.79 Å². The van der Waals surface area contributed by atoms with Crippen LogP contribution in [0.5, 0.6) is 0 Å². The zero-order chi connectivity index (χ0) is 14.2. The van der Waals surface area contributed by atoms with Crippen LogP contribution in [0, 0.1) is 5.41 Å². The molecule has 0 amide bonds. The number of hydrogen-bond donors (Lipinski definition) is 2. The van der Waals surface area contributed by atoms with E-state index in [1.807, 2.05) is 31.9 Å². The molecule has 4 heteroatoms. The third kappa shape index (κ3) is 1.88. The smallest absolute Gasteiger partial charge is 0.351 e. The molecule has 1 unspecified atom stereocenters. The first kappa shape index (κ1) is 14.9. The molecule has 1 heterocycles. The van der Waals surface area contributed by atoms with Crippen molar-refractivity contribution in [3.8, 4) is 0 Å². The second-order valence-electron chi connectivity index (χ2n) is 6.25. The Labute approximate surface area is 110 Å². The molecule has 1 atom stereocenters. The number of hydrogen-bond acceptors (Lipinski definition) is 3. The van der Waals surface area contributed by atoms with Gasteiger partial charge in [0.1, 0.15) is 0 Å². The van der Waals surface area contributed by atoms with Gasteiger partial charge >= 0.3 is 5.97 Å². The lowest BCUT2D eigenvalue weighted by atomic mass is 9.74. The fourth-order valence-corrected chi connectivity index (χ4v) is 2.47. The first-order valence-electron chi connectivity index (χ1n) is 6.63. The van der Waals surface area contributed by atoms with Gasteiger partial charge in [0.2, 0.25) is 5.66 Å². The van der Waals surface area contributed by atoms with Crippen molar-refractivity contribution in [1.29, 1.82) is 0 Å². The van der Waals surface area contributed by atoms with Crippen molar-refractivity contribution < 1.29 is 9.90 Å². The SMILES string of the molecule is CCC(C)(C)N1C=CNC1(C(=O)O)C(C)(C)CC. The molecule has 0 saturated carbocycles. The maximum atomic E-state index is 12.0. The molecule has 0 aromatic rings. The number of nitrogens with zero attached hydrogens (tertiary/aromatic N) is 1. The number of carbonyl (C=O) groups is 1. The second-order valence-corrected chi connectivity index (χ2v) is 6.25. The molecule has 1 aliphatic heterocycles. The van der Waals surface area contributed by atoms with E-state index in [0.29, 0.717) is 0 Å². The molecule has 0 bridgehead atoms. The Hall–Kier alpha value is -1.19. The van der Waals surface area contributed by atoms with Crippen LogP contribution < -0.4 is 5.32 Å². The van der Waals surface area contributed by atoms with Crippen molar-refractivity contribution in [2.24, 2.45) is 5.41 Å². The van der Waals surface area contributed by atoms with Gasteiger partial charge in [0.15, 0.2) is 0 Å². The Morgan fingerprint density at radius 1 is 1.28 bits per heavy atom. The molecule has 2 N–H and O–H groups in total. The van der Waals surface area contributed by atoms with Crippen molar-refractivity contribution in [3.05, 3.63) is 12.4 Å². The number of aliphatic carboxylic acids is 1. The summed E-state index contributed by atoms with van der Waals surface area (Å²) in [5.41, 5.74) is -1.65. The first-order valence-corrected chi connectivity index (χ1v) is 6.63. The zero-order valence-corrected chi connectivity index (χ0v) is 12.4. The molecule has 0 fully saturated rings. The summed E-state index contributed by atoms with van der Waals surface area (Å²) >= 11 is 0. The van der Waals surface area contributed by atoms with Gasteiger partial charge in [-0.1, -0.05) is 27.7 Å². The predicted octanol–water partition coefficient (Wildman–Crippen LogP) is 2.77. The van der Waals surface area contributed by atoms with Crippen molar-refractivity contribution in [3.63, 3.8) is 0 Å². The molecular weight excluding hydrogens is 228 g/mol. The predicted molar refractivity (Wildman–Crippen MR) is 72.9 cm³/mol. The van der Waals surface area contributed by atoms with Crippen LogP contribution in [-0.4, -0.2) is 27.2 Å². The Kier molecular flexibility index (Phi) is 3.70. The lowest BCUT2D eigenvalue weighted by molar-refractivity contribution is -0.165. The average Bonchev–Trinajstić information content (AvgIpc) is 2.75. The third-order valence-electron chi connectivity index (χ3n) is 4.57. The summed E-state index contributed by atoms with van der Waals surface area (Å²) in [4.78, 5) is 13.9. The summed E-state index contributed by atoms with van der Waals surface area (Å²) in [7, 11) is 0. The van der Waals surface area contributed by atoms with Gasteiger partial charge in [-0.3, -0.25) is 0 Å². The van der Waals surface area contributed by atoms with Gasteiger partial charge in [0.25, 0.3) is 0 Å². The number of carboxylic acids is 1. The van der Waals surface area contributed by atoms with Crippen molar-refractivity contribution >= 4 is 5.97 Å². The topological polar surface area (TPSA) is 52.6 Å².